The van der Waals surface area contributed by atoms with E-state index in [9.17, 15) is 5.11 Å². The fourth-order valence-electron chi connectivity index (χ4n) is 2.59. The second-order valence-electron chi connectivity index (χ2n) is 4.68. The first-order valence-electron chi connectivity index (χ1n) is 5.92. The molecule has 1 heteroatoms. The SMILES string of the molecule is CCCC1(O)CCCC(CC)CC1. The van der Waals surface area contributed by atoms with E-state index in [4.69, 9.17) is 0 Å². The zero-order valence-electron chi connectivity index (χ0n) is 9.18. The van der Waals surface area contributed by atoms with E-state index >= 15 is 0 Å². The molecule has 1 fully saturated rings. The van der Waals surface area contributed by atoms with Crippen LogP contribution in [-0.4, -0.2) is 10.7 Å². The standard InChI is InChI=1S/C12H24O/c1-3-8-12(13)9-5-6-11(4-2)7-10-12/h11,13H,3-10H2,1-2H3. The summed E-state index contributed by atoms with van der Waals surface area (Å²) >= 11 is 0. The Kier molecular flexibility index (Phi) is 4.24. The summed E-state index contributed by atoms with van der Waals surface area (Å²) in [5, 5.41) is 10.3. The van der Waals surface area contributed by atoms with Gasteiger partial charge in [-0.25, -0.2) is 0 Å². The van der Waals surface area contributed by atoms with E-state index in [1.54, 1.807) is 0 Å². The summed E-state index contributed by atoms with van der Waals surface area (Å²) < 4.78 is 0. The smallest absolute Gasteiger partial charge is 0.0647 e. The summed E-state index contributed by atoms with van der Waals surface area (Å²) in [6.45, 7) is 4.44. The molecule has 1 aliphatic carbocycles. The predicted molar refractivity (Wildman–Crippen MR) is 56.7 cm³/mol. The number of aliphatic hydroxyl groups is 1. The van der Waals surface area contributed by atoms with Crippen molar-refractivity contribution in [2.75, 3.05) is 0 Å². The van der Waals surface area contributed by atoms with E-state index in [0.717, 1.165) is 31.6 Å². The van der Waals surface area contributed by atoms with Gasteiger partial charge in [0.05, 0.1) is 5.60 Å². The van der Waals surface area contributed by atoms with Crippen LogP contribution in [0, 0.1) is 5.92 Å². The molecule has 1 rings (SSSR count). The molecule has 1 aliphatic rings. The van der Waals surface area contributed by atoms with Crippen molar-refractivity contribution in [1.82, 2.24) is 0 Å². The zero-order valence-corrected chi connectivity index (χ0v) is 9.18. The molecule has 0 aromatic carbocycles. The summed E-state index contributed by atoms with van der Waals surface area (Å²) in [5.41, 5.74) is -0.307. The lowest BCUT2D eigenvalue weighted by Gasteiger charge is -2.26. The molecule has 0 aromatic rings. The Morgan fingerprint density at radius 2 is 2.00 bits per heavy atom. The molecule has 0 radical (unpaired) electrons. The Bertz CT molecular complexity index is 144. The highest BCUT2D eigenvalue weighted by molar-refractivity contribution is 4.82. The van der Waals surface area contributed by atoms with Gasteiger partial charge in [-0.1, -0.05) is 39.5 Å². The summed E-state index contributed by atoms with van der Waals surface area (Å²) in [4.78, 5) is 0. The van der Waals surface area contributed by atoms with Crippen molar-refractivity contribution < 1.29 is 5.11 Å². The minimum Gasteiger partial charge on any atom is -0.390 e. The van der Waals surface area contributed by atoms with Gasteiger partial charge in [-0.15, -0.1) is 0 Å². The van der Waals surface area contributed by atoms with Crippen LogP contribution in [0.2, 0.25) is 0 Å². The van der Waals surface area contributed by atoms with E-state index in [2.05, 4.69) is 13.8 Å². The van der Waals surface area contributed by atoms with Crippen LogP contribution in [0.4, 0.5) is 0 Å². The van der Waals surface area contributed by atoms with E-state index < -0.39 is 0 Å². The highest BCUT2D eigenvalue weighted by Gasteiger charge is 2.29. The van der Waals surface area contributed by atoms with Crippen molar-refractivity contribution in [2.24, 2.45) is 5.92 Å². The second-order valence-corrected chi connectivity index (χ2v) is 4.68. The van der Waals surface area contributed by atoms with Crippen LogP contribution in [0.3, 0.4) is 0 Å². The molecule has 0 spiro atoms. The van der Waals surface area contributed by atoms with E-state index in [0.29, 0.717) is 0 Å². The van der Waals surface area contributed by atoms with Crippen molar-refractivity contribution >= 4 is 0 Å². The monoisotopic (exact) mass is 184 g/mol. The molecule has 2 atom stereocenters. The number of rotatable bonds is 3. The van der Waals surface area contributed by atoms with Crippen LogP contribution in [0.5, 0.6) is 0 Å². The highest BCUT2D eigenvalue weighted by Crippen LogP contribution is 2.34. The van der Waals surface area contributed by atoms with Gasteiger partial charge in [0.1, 0.15) is 0 Å². The maximum atomic E-state index is 10.3. The quantitative estimate of drug-likeness (QED) is 0.665. The first-order chi connectivity index (χ1) is 6.20. The van der Waals surface area contributed by atoms with Gasteiger partial charge in [0.25, 0.3) is 0 Å². The molecule has 1 nitrogen and oxygen atoms in total. The molecule has 0 heterocycles. The molecular formula is C12H24O. The third-order valence-corrected chi connectivity index (χ3v) is 3.57. The Morgan fingerprint density at radius 3 is 2.62 bits per heavy atom. The summed E-state index contributed by atoms with van der Waals surface area (Å²) in [6, 6.07) is 0. The van der Waals surface area contributed by atoms with Crippen molar-refractivity contribution in [1.29, 1.82) is 0 Å². The lowest BCUT2D eigenvalue weighted by molar-refractivity contribution is 0.0147. The number of hydrogen-bond acceptors (Lipinski definition) is 1. The lowest BCUT2D eigenvalue weighted by atomic mass is 9.89. The zero-order chi connectivity index (χ0) is 9.73. The van der Waals surface area contributed by atoms with Gasteiger partial charge in [-0.2, -0.15) is 0 Å². The fourth-order valence-corrected chi connectivity index (χ4v) is 2.59. The van der Waals surface area contributed by atoms with E-state index in [1.807, 2.05) is 0 Å². The van der Waals surface area contributed by atoms with E-state index in [1.165, 1.54) is 25.7 Å². The maximum absolute atomic E-state index is 10.3. The molecule has 0 aliphatic heterocycles. The average molecular weight is 184 g/mol. The maximum Gasteiger partial charge on any atom is 0.0647 e. The third-order valence-electron chi connectivity index (χ3n) is 3.57. The first kappa shape index (κ1) is 11.0. The van der Waals surface area contributed by atoms with Gasteiger partial charge < -0.3 is 5.11 Å². The Labute approximate surface area is 82.5 Å². The molecule has 0 aromatic heterocycles. The van der Waals surface area contributed by atoms with Crippen LogP contribution in [-0.2, 0) is 0 Å². The largest absolute Gasteiger partial charge is 0.390 e. The second kappa shape index (κ2) is 4.99. The molecule has 1 N–H and O–H groups in total. The van der Waals surface area contributed by atoms with E-state index in [-0.39, 0.29) is 5.60 Å². The highest BCUT2D eigenvalue weighted by atomic mass is 16.3. The molecule has 13 heavy (non-hydrogen) atoms. The summed E-state index contributed by atoms with van der Waals surface area (Å²) in [6.07, 6.45) is 9.31. The number of hydrogen-bond donors (Lipinski definition) is 1. The average Bonchev–Trinajstić information content (AvgIpc) is 2.28. The van der Waals surface area contributed by atoms with Gasteiger partial charge >= 0.3 is 0 Å². The lowest BCUT2D eigenvalue weighted by Crippen LogP contribution is -2.27. The summed E-state index contributed by atoms with van der Waals surface area (Å²) in [5.74, 6) is 0.880. The molecule has 0 bridgehead atoms. The Balaban J connectivity index is 2.42. The van der Waals surface area contributed by atoms with Gasteiger partial charge in [-0.05, 0) is 31.6 Å². The van der Waals surface area contributed by atoms with Crippen LogP contribution in [0.1, 0.15) is 65.2 Å². The van der Waals surface area contributed by atoms with Gasteiger partial charge in [0, 0.05) is 0 Å². The predicted octanol–water partition coefficient (Wildman–Crippen LogP) is 3.51. The molecule has 2 unspecified atom stereocenters. The molecule has 0 saturated heterocycles. The minimum absolute atomic E-state index is 0.307. The first-order valence-corrected chi connectivity index (χ1v) is 5.92. The topological polar surface area (TPSA) is 20.2 Å². The fraction of sp³-hybridized carbons (Fsp3) is 1.00. The van der Waals surface area contributed by atoms with Crippen molar-refractivity contribution in [3.63, 3.8) is 0 Å². The molecule has 1 saturated carbocycles. The van der Waals surface area contributed by atoms with Crippen molar-refractivity contribution in [3.8, 4) is 0 Å². The minimum atomic E-state index is -0.307. The van der Waals surface area contributed by atoms with Gasteiger partial charge in [0.2, 0.25) is 0 Å². The van der Waals surface area contributed by atoms with Gasteiger partial charge in [0.15, 0.2) is 0 Å². The summed E-state index contributed by atoms with van der Waals surface area (Å²) in [7, 11) is 0. The third kappa shape index (κ3) is 3.30. The molecule has 0 amide bonds. The molecule has 78 valence electrons. The van der Waals surface area contributed by atoms with Crippen LogP contribution < -0.4 is 0 Å². The molecular weight excluding hydrogens is 160 g/mol. The van der Waals surface area contributed by atoms with Gasteiger partial charge in [-0.3, -0.25) is 0 Å². The normalized spacial score (nSPS) is 35.8. The Hall–Kier alpha value is -0.0400. The van der Waals surface area contributed by atoms with Crippen molar-refractivity contribution in [2.45, 2.75) is 70.8 Å². The van der Waals surface area contributed by atoms with Crippen LogP contribution >= 0.6 is 0 Å². The van der Waals surface area contributed by atoms with Crippen LogP contribution in [0.25, 0.3) is 0 Å². The Morgan fingerprint density at radius 1 is 1.23 bits per heavy atom. The van der Waals surface area contributed by atoms with Crippen LogP contribution in [0.15, 0.2) is 0 Å². The van der Waals surface area contributed by atoms with Crippen molar-refractivity contribution in [3.05, 3.63) is 0 Å².